The topological polar surface area (TPSA) is 56.1 Å². The number of likely N-dealkylation sites (tertiary alicyclic amines) is 1. The van der Waals surface area contributed by atoms with Crippen molar-refractivity contribution in [1.29, 1.82) is 5.26 Å². The van der Waals surface area contributed by atoms with E-state index in [0.29, 0.717) is 0 Å². The van der Waals surface area contributed by atoms with E-state index in [-0.39, 0.29) is 11.4 Å². The van der Waals surface area contributed by atoms with Crippen LogP contribution in [-0.4, -0.2) is 29.4 Å². The third-order valence-corrected chi connectivity index (χ3v) is 2.74. The van der Waals surface area contributed by atoms with Crippen LogP contribution in [0, 0.1) is 11.5 Å². The SMILES string of the molecule is CC(C)(C=CC(=O)NC#N)N1CCCC1. The molecule has 1 saturated heterocycles. The van der Waals surface area contributed by atoms with Gasteiger partial charge in [-0.2, -0.15) is 5.26 Å². The highest BCUT2D eigenvalue weighted by atomic mass is 16.1. The Balaban J connectivity index is 2.54. The first kappa shape index (κ1) is 11.7. The van der Waals surface area contributed by atoms with Crippen molar-refractivity contribution in [2.45, 2.75) is 32.2 Å². The predicted molar refractivity (Wildman–Crippen MR) is 57.8 cm³/mol. The molecule has 0 bridgehead atoms. The van der Waals surface area contributed by atoms with Crippen molar-refractivity contribution in [3.63, 3.8) is 0 Å². The molecule has 82 valence electrons. The summed E-state index contributed by atoms with van der Waals surface area (Å²) >= 11 is 0. The minimum absolute atomic E-state index is 0.108. The van der Waals surface area contributed by atoms with Crippen molar-refractivity contribution in [2.24, 2.45) is 0 Å². The molecule has 1 amide bonds. The Morgan fingerprint density at radius 2 is 2.07 bits per heavy atom. The number of nitrogens with zero attached hydrogens (tertiary/aromatic N) is 2. The van der Waals surface area contributed by atoms with Gasteiger partial charge in [-0.1, -0.05) is 6.08 Å². The standard InChI is InChI=1S/C11H17N3O/c1-11(2,14-7-3-4-8-14)6-5-10(15)13-9-12/h5-6H,3-4,7-8H2,1-2H3,(H,13,15). The maximum absolute atomic E-state index is 11.1. The number of carbonyl (C=O) groups is 1. The van der Waals surface area contributed by atoms with Gasteiger partial charge in [0.25, 0.3) is 5.91 Å². The highest BCUT2D eigenvalue weighted by Gasteiger charge is 2.26. The van der Waals surface area contributed by atoms with Gasteiger partial charge in [-0.15, -0.1) is 0 Å². The number of carbonyl (C=O) groups excluding carboxylic acids is 1. The van der Waals surface area contributed by atoms with E-state index in [1.54, 1.807) is 6.19 Å². The van der Waals surface area contributed by atoms with E-state index in [1.807, 2.05) is 6.08 Å². The maximum atomic E-state index is 11.1. The van der Waals surface area contributed by atoms with Crippen molar-refractivity contribution in [2.75, 3.05) is 13.1 Å². The van der Waals surface area contributed by atoms with Crippen LogP contribution >= 0.6 is 0 Å². The summed E-state index contributed by atoms with van der Waals surface area (Å²) in [6.45, 7) is 6.32. The first-order valence-corrected chi connectivity index (χ1v) is 5.19. The lowest BCUT2D eigenvalue weighted by molar-refractivity contribution is -0.115. The first-order chi connectivity index (χ1) is 7.06. The third-order valence-electron chi connectivity index (χ3n) is 2.74. The number of amides is 1. The number of rotatable bonds is 3. The minimum atomic E-state index is -0.357. The summed E-state index contributed by atoms with van der Waals surface area (Å²) in [5, 5.41) is 10.3. The summed E-state index contributed by atoms with van der Waals surface area (Å²) in [4.78, 5) is 13.4. The van der Waals surface area contributed by atoms with E-state index >= 15 is 0 Å². The lowest BCUT2D eigenvalue weighted by Crippen LogP contribution is -2.40. The van der Waals surface area contributed by atoms with Gasteiger partial charge in [-0.05, 0) is 39.8 Å². The van der Waals surface area contributed by atoms with Gasteiger partial charge in [0.2, 0.25) is 0 Å². The van der Waals surface area contributed by atoms with Gasteiger partial charge in [0, 0.05) is 11.6 Å². The molecule has 0 unspecified atom stereocenters. The summed E-state index contributed by atoms with van der Waals surface area (Å²) in [6.07, 6.45) is 7.34. The Morgan fingerprint density at radius 3 is 2.60 bits per heavy atom. The molecule has 1 N–H and O–H groups in total. The van der Waals surface area contributed by atoms with Crippen LogP contribution in [0.3, 0.4) is 0 Å². The van der Waals surface area contributed by atoms with Crippen LogP contribution in [0.1, 0.15) is 26.7 Å². The van der Waals surface area contributed by atoms with Crippen LogP contribution in [-0.2, 0) is 4.79 Å². The fourth-order valence-electron chi connectivity index (χ4n) is 1.78. The van der Waals surface area contributed by atoms with E-state index in [4.69, 9.17) is 5.26 Å². The Hall–Kier alpha value is -1.34. The molecule has 4 heteroatoms. The summed E-state index contributed by atoms with van der Waals surface area (Å²) < 4.78 is 0. The molecule has 0 radical (unpaired) electrons. The zero-order valence-electron chi connectivity index (χ0n) is 9.29. The monoisotopic (exact) mass is 207 g/mol. The molecular formula is C11H17N3O. The highest BCUT2D eigenvalue weighted by Crippen LogP contribution is 2.21. The predicted octanol–water partition coefficient (Wildman–Crippen LogP) is 1.01. The van der Waals surface area contributed by atoms with Gasteiger partial charge < -0.3 is 0 Å². The second-order valence-corrected chi connectivity index (χ2v) is 4.28. The van der Waals surface area contributed by atoms with Crippen LogP contribution in [0.2, 0.25) is 0 Å². The van der Waals surface area contributed by atoms with E-state index in [1.165, 1.54) is 18.9 Å². The second-order valence-electron chi connectivity index (χ2n) is 4.28. The fourth-order valence-corrected chi connectivity index (χ4v) is 1.78. The number of nitrogens with one attached hydrogen (secondary N) is 1. The van der Waals surface area contributed by atoms with E-state index in [0.717, 1.165) is 13.1 Å². The van der Waals surface area contributed by atoms with Crippen molar-refractivity contribution in [3.8, 4) is 6.19 Å². The van der Waals surface area contributed by atoms with Gasteiger partial charge in [-0.3, -0.25) is 15.0 Å². The molecule has 4 nitrogen and oxygen atoms in total. The van der Waals surface area contributed by atoms with Crippen LogP contribution < -0.4 is 5.32 Å². The summed E-state index contributed by atoms with van der Waals surface area (Å²) in [5.74, 6) is -0.357. The average molecular weight is 207 g/mol. The van der Waals surface area contributed by atoms with Gasteiger partial charge in [0.1, 0.15) is 0 Å². The van der Waals surface area contributed by atoms with Gasteiger partial charge >= 0.3 is 0 Å². The van der Waals surface area contributed by atoms with Crippen LogP contribution in [0.5, 0.6) is 0 Å². The van der Waals surface area contributed by atoms with Crippen molar-refractivity contribution >= 4 is 5.91 Å². The number of hydrogen-bond acceptors (Lipinski definition) is 3. The second kappa shape index (κ2) is 4.94. The lowest BCUT2D eigenvalue weighted by atomic mass is 10.0. The van der Waals surface area contributed by atoms with Crippen LogP contribution in [0.15, 0.2) is 12.2 Å². The Labute approximate surface area is 90.6 Å². The molecule has 15 heavy (non-hydrogen) atoms. The largest absolute Gasteiger partial charge is 0.295 e. The van der Waals surface area contributed by atoms with Crippen molar-refractivity contribution in [1.82, 2.24) is 10.2 Å². The highest BCUT2D eigenvalue weighted by molar-refractivity contribution is 5.88. The maximum Gasteiger partial charge on any atom is 0.256 e. The molecule has 1 heterocycles. The number of nitriles is 1. The number of hydrogen-bond donors (Lipinski definition) is 1. The van der Waals surface area contributed by atoms with Crippen LogP contribution in [0.25, 0.3) is 0 Å². The average Bonchev–Trinajstić information content (AvgIpc) is 2.69. The van der Waals surface area contributed by atoms with Crippen molar-refractivity contribution in [3.05, 3.63) is 12.2 Å². The van der Waals surface area contributed by atoms with Gasteiger partial charge in [0.15, 0.2) is 6.19 Å². The minimum Gasteiger partial charge on any atom is -0.295 e. The molecule has 0 spiro atoms. The lowest BCUT2D eigenvalue weighted by Gasteiger charge is -2.32. The zero-order chi connectivity index (χ0) is 11.3. The smallest absolute Gasteiger partial charge is 0.256 e. The van der Waals surface area contributed by atoms with E-state index in [2.05, 4.69) is 24.1 Å². The summed E-state index contributed by atoms with van der Waals surface area (Å²) in [5.41, 5.74) is -0.108. The van der Waals surface area contributed by atoms with Gasteiger partial charge in [-0.25, -0.2) is 0 Å². The normalized spacial score (nSPS) is 17.9. The molecule has 1 rings (SSSR count). The Morgan fingerprint density at radius 1 is 1.47 bits per heavy atom. The first-order valence-electron chi connectivity index (χ1n) is 5.19. The molecule has 0 aliphatic carbocycles. The Kier molecular flexibility index (Phi) is 3.87. The molecule has 0 atom stereocenters. The third kappa shape index (κ3) is 3.37. The van der Waals surface area contributed by atoms with Crippen molar-refractivity contribution < 1.29 is 4.79 Å². The molecular weight excluding hydrogens is 190 g/mol. The Bertz CT molecular complexity index is 295. The molecule has 1 aliphatic heterocycles. The molecule has 0 aromatic heterocycles. The fraction of sp³-hybridized carbons (Fsp3) is 0.636. The van der Waals surface area contributed by atoms with Crippen LogP contribution in [0.4, 0.5) is 0 Å². The quantitative estimate of drug-likeness (QED) is 0.427. The molecule has 1 fully saturated rings. The molecule has 0 aromatic carbocycles. The van der Waals surface area contributed by atoms with E-state index in [9.17, 15) is 4.79 Å². The van der Waals surface area contributed by atoms with E-state index < -0.39 is 0 Å². The summed E-state index contributed by atoms with van der Waals surface area (Å²) in [6, 6.07) is 0. The molecule has 1 aliphatic rings. The summed E-state index contributed by atoms with van der Waals surface area (Å²) in [7, 11) is 0. The molecule has 0 aromatic rings. The van der Waals surface area contributed by atoms with Gasteiger partial charge in [0.05, 0.1) is 0 Å². The zero-order valence-corrected chi connectivity index (χ0v) is 9.29. The molecule has 0 saturated carbocycles.